The zero-order valence-corrected chi connectivity index (χ0v) is 27.7. The van der Waals surface area contributed by atoms with Crippen LogP contribution in [-0.4, -0.2) is 42.6 Å². The second kappa shape index (κ2) is 14.8. The number of amides is 2. The van der Waals surface area contributed by atoms with Gasteiger partial charge in [-0.1, -0.05) is 55.8 Å². The Morgan fingerprint density at radius 2 is 1.77 bits per heavy atom. The summed E-state index contributed by atoms with van der Waals surface area (Å²) < 4.78 is 3.67. The number of hydrogen-bond donors (Lipinski definition) is 2. The van der Waals surface area contributed by atoms with Crippen molar-refractivity contribution in [2.75, 3.05) is 11.9 Å². The number of nitrogens with zero attached hydrogens (tertiary/aromatic N) is 7. The molecule has 6 rings (SSSR count). The summed E-state index contributed by atoms with van der Waals surface area (Å²) in [6.45, 7) is 3.27. The smallest absolute Gasteiger partial charge is 0.354 e. The number of urea groups is 1. The molecule has 0 saturated heterocycles. The molecule has 11 heteroatoms. The standard InChI is InChI=1S/C37H35N9OS/c1-3-8-31-32(11-7-18-40-36-41-22-27(19-38)34(44-36)33-17-16-30(20-39)48-33)35(31)46(37(47)42-21-25-9-5-4-6-10-25)29-14-12-26(13-15-29)28-23-43-45(2)24-28/h4-6,9-10,12-17,22-24,31-32H,3,7-8,11,18,21H2,1-2H3,(H-,40,41,42,44,47)/p+1/b46-35-. The van der Waals surface area contributed by atoms with Gasteiger partial charge in [0.15, 0.2) is 0 Å². The van der Waals surface area contributed by atoms with Crippen LogP contribution in [0.1, 0.15) is 48.6 Å². The third-order valence-electron chi connectivity index (χ3n) is 8.48. The van der Waals surface area contributed by atoms with Crippen LogP contribution in [0.25, 0.3) is 21.7 Å². The molecule has 48 heavy (non-hydrogen) atoms. The summed E-state index contributed by atoms with van der Waals surface area (Å²) >= 11 is 1.30. The van der Waals surface area contributed by atoms with E-state index in [9.17, 15) is 15.3 Å². The average Bonchev–Trinajstić information content (AvgIpc) is 3.42. The molecule has 1 saturated carbocycles. The van der Waals surface area contributed by atoms with Crippen molar-refractivity contribution in [2.45, 2.75) is 39.2 Å². The van der Waals surface area contributed by atoms with Gasteiger partial charge < -0.3 is 5.32 Å². The number of thiophene rings is 1. The third-order valence-corrected chi connectivity index (χ3v) is 9.48. The van der Waals surface area contributed by atoms with Crippen molar-refractivity contribution in [3.05, 3.63) is 101 Å². The number of carbonyl (C=O) groups excluding carboxylic acids is 1. The lowest BCUT2D eigenvalue weighted by atomic mass is 10.1. The van der Waals surface area contributed by atoms with Crippen LogP contribution in [0.4, 0.5) is 16.4 Å². The van der Waals surface area contributed by atoms with Crippen LogP contribution in [0, 0.1) is 34.5 Å². The first kappa shape index (κ1) is 32.3. The first-order valence-electron chi connectivity index (χ1n) is 16.1. The highest BCUT2D eigenvalue weighted by atomic mass is 32.1. The molecule has 240 valence electrons. The molecule has 3 aromatic heterocycles. The van der Waals surface area contributed by atoms with Gasteiger partial charge >= 0.3 is 6.03 Å². The van der Waals surface area contributed by atoms with E-state index in [1.54, 1.807) is 10.7 Å². The molecule has 1 aliphatic carbocycles. The molecule has 2 amide bonds. The number of aromatic nitrogens is 4. The van der Waals surface area contributed by atoms with E-state index in [1.807, 2.05) is 84.7 Å². The van der Waals surface area contributed by atoms with E-state index in [2.05, 4.69) is 44.8 Å². The molecule has 2 N–H and O–H groups in total. The molecule has 3 heterocycles. The van der Waals surface area contributed by atoms with E-state index in [0.29, 0.717) is 41.1 Å². The first-order chi connectivity index (χ1) is 23.5. The van der Waals surface area contributed by atoms with Gasteiger partial charge in [0.1, 0.15) is 34.9 Å². The van der Waals surface area contributed by atoms with E-state index in [1.165, 1.54) is 17.5 Å². The van der Waals surface area contributed by atoms with Gasteiger partial charge in [-0.05, 0) is 54.7 Å². The molecule has 1 fully saturated rings. The van der Waals surface area contributed by atoms with Crippen molar-refractivity contribution in [3.8, 4) is 33.8 Å². The molecular weight excluding hydrogens is 619 g/mol. The van der Waals surface area contributed by atoms with Gasteiger partial charge in [0.2, 0.25) is 5.95 Å². The maximum Gasteiger partial charge on any atom is 0.496 e. The van der Waals surface area contributed by atoms with Gasteiger partial charge in [0.25, 0.3) is 0 Å². The largest absolute Gasteiger partial charge is 0.496 e. The van der Waals surface area contributed by atoms with E-state index < -0.39 is 0 Å². The predicted molar refractivity (Wildman–Crippen MR) is 187 cm³/mol. The van der Waals surface area contributed by atoms with E-state index in [0.717, 1.165) is 58.6 Å². The number of rotatable bonds is 12. The van der Waals surface area contributed by atoms with Gasteiger partial charge in [-0.2, -0.15) is 25.0 Å². The van der Waals surface area contributed by atoms with E-state index in [4.69, 9.17) is 0 Å². The van der Waals surface area contributed by atoms with E-state index in [-0.39, 0.29) is 11.9 Å². The number of nitriles is 2. The minimum Gasteiger partial charge on any atom is -0.354 e. The number of aryl methyl sites for hydroxylation is 1. The van der Waals surface area contributed by atoms with Gasteiger partial charge in [-0.15, -0.1) is 11.3 Å². The molecule has 0 bridgehead atoms. The molecule has 2 atom stereocenters. The Hall–Kier alpha value is -5.65. The van der Waals surface area contributed by atoms with Crippen molar-refractivity contribution in [1.82, 2.24) is 25.1 Å². The van der Waals surface area contributed by atoms with Gasteiger partial charge in [0.05, 0.1) is 28.5 Å². The van der Waals surface area contributed by atoms with Crippen LogP contribution in [0.3, 0.4) is 0 Å². The fourth-order valence-corrected chi connectivity index (χ4v) is 6.90. The summed E-state index contributed by atoms with van der Waals surface area (Å²) in [5.41, 5.74) is 6.00. The predicted octanol–water partition coefficient (Wildman–Crippen LogP) is 7.28. The van der Waals surface area contributed by atoms with Gasteiger partial charge in [-0.3, -0.25) is 4.68 Å². The van der Waals surface area contributed by atoms with Crippen molar-refractivity contribution >= 4 is 34.7 Å². The molecule has 0 radical (unpaired) electrons. The average molecular weight is 655 g/mol. The molecule has 10 nitrogen and oxygen atoms in total. The Morgan fingerprint density at radius 3 is 2.46 bits per heavy atom. The highest BCUT2D eigenvalue weighted by Gasteiger charge is 2.51. The van der Waals surface area contributed by atoms with Gasteiger partial charge in [-0.25, -0.2) is 15.3 Å². The number of anilines is 1. The topological polar surface area (TPSA) is 135 Å². The van der Waals surface area contributed by atoms with Crippen LogP contribution in [0.15, 0.2) is 85.3 Å². The fourth-order valence-electron chi connectivity index (χ4n) is 6.10. The normalized spacial score (nSPS) is 16.1. The summed E-state index contributed by atoms with van der Waals surface area (Å²) in [6.07, 6.45) is 9.14. The minimum atomic E-state index is -0.128. The second-order valence-electron chi connectivity index (χ2n) is 11.8. The Kier molecular flexibility index (Phi) is 9.99. The Bertz CT molecular complexity index is 2020. The zero-order valence-electron chi connectivity index (χ0n) is 26.9. The maximum absolute atomic E-state index is 13.9. The lowest BCUT2D eigenvalue weighted by Crippen LogP contribution is -2.32. The lowest BCUT2D eigenvalue weighted by Gasteiger charge is -2.08. The minimum absolute atomic E-state index is 0.128. The lowest BCUT2D eigenvalue weighted by molar-refractivity contribution is -0.333. The summed E-state index contributed by atoms with van der Waals surface area (Å²) in [5.74, 6) is 1.04. The van der Waals surface area contributed by atoms with Crippen molar-refractivity contribution < 1.29 is 9.37 Å². The molecule has 1 aliphatic rings. The fraction of sp³-hybridized carbons (Fsp3) is 0.270. The van der Waals surface area contributed by atoms with Gasteiger partial charge in [0, 0.05) is 37.2 Å². The van der Waals surface area contributed by atoms with Crippen LogP contribution < -0.4 is 10.6 Å². The maximum atomic E-state index is 13.9. The molecule has 5 aromatic rings. The summed E-state index contributed by atoms with van der Waals surface area (Å²) in [5, 5.41) is 29.6. The Morgan fingerprint density at radius 1 is 0.979 bits per heavy atom. The highest BCUT2D eigenvalue weighted by molar-refractivity contribution is 7.16. The molecule has 0 aliphatic heterocycles. The quantitative estimate of drug-likeness (QED) is 0.107. The number of nitrogens with one attached hydrogen (secondary N) is 2. The SMILES string of the molecule is CCCC1/C(=[N+](/C(=O)NCc2ccccc2)c2ccc(-c3cnn(C)c3)cc2)C1CCCNc1ncc(C#N)c(-c2ccc(C#N)s2)n1. The summed E-state index contributed by atoms with van der Waals surface area (Å²) in [6, 6.07) is 25.8. The molecule has 2 unspecified atom stereocenters. The number of hydrogen-bond acceptors (Lipinski definition) is 8. The van der Waals surface area contributed by atoms with Crippen LogP contribution >= 0.6 is 11.3 Å². The highest BCUT2D eigenvalue weighted by Crippen LogP contribution is 2.44. The molecule has 2 aromatic carbocycles. The Balaban J connectivity index is 1.19. The van der Waals surface area contributed by atoms with Crippen LogP contribution in [-0.2, 0) is 13.6 Å². The van der Waals surface area contributed by atoms with Crippen molar-refractivity contribution in [3.63, 3.8) is 0 Å². The second-order valence-corrected chi connectivity index (χ2v) is 12.9. The van der Waals surface area contributed by atoms with E-state index >= 15 is 0 Å². The molecule has 0 spiro atoms. The van der Waals surface area contributed by atoms with Crippen molar-refractivity contribution in [2.24, 2.45) is 18.9 Å². The summed E-state index contributed by atoms with van der Waals surface area (Å²) in [4.78, 5) is 24.2. The summed E-state index contributed by atoms with van der Waals surface area (Å²) in [7, 11) is 1.90. The zero-order chi connectivity index (χ0) is 33.5. The number of benzene rings is 2. The van der Waals surface area contributed by atoms with Crippen LogP contribution in [0.2, 0.25) is 0 Å². The third kappa shape index (κ3) is 7.33. The number of carbonyl (C=O) groups is 1. The monoisotopic (exact) mass is 654 g/mol. The van der Waals surface area contributed by atoms with Crippen LogP contribution in [0.5, 0.6) is 0 Å². The molecular formula is C37H36N9OS+. The van der Waals surface area contributed by atoms with Crippen molar-refractivity contribution in [1.29, 1.82) is 10.5 Å². The first-order valence-corrected chi connectivity index (χ1v) is 16.9. The Labute approximate surface area is 284 Å².